The predicted octanol–water partition coefficient (Wildman–Crippen LogP) is 5.17. The van der Waals surface area contributed by atoms with Crippen LogP contribution in [-0.2, 0) is 4.79 Å². The minimum absolute atomic E-state index is 0.292. The van der Waals surface area contributed by atoms with Crippen LogP contribution in [-0.4, -0.2) is 42.2 Å². The van der Waals surface area contributed by atoms with Crippen LogP contribution in [0.2, 0.25) is 5.02 Å². The van der Waals surface area contributed by atoms with Gasteiger partial charge in [-0.15, -0.1) is 0 Å². The summed E-state index contributed by atoms with van der Waals surface area (Å²) in [6.07, 6.45) is 1.48. The molecule has 0 bridgehead atoms. The Morgan fingerprint density at radius 1 is 1.12 bits per heavy atom. The Morgan fingerprint density at radius 2 is 1.97 bits per heavy atom. The first-order valence-electron chi connectivity index (χ1n) is 10.1. The lowest BCUT2D eigenvalue weighted by molar-refractivity contribution is -0.135. The smallest absolute Gasteiger partial charge is 0.325 e. The molecule has 0 spiro atoms. The number of aliphatic imine (C=N–C) groups is 1. The molecule has 1 aliphatic rings. The van der Waals surface area contributed by atoms with Gasteiger partial charge in [-0.1, -0.05) is 41.0 Å². The van der Waals surface area contributed by atoms with Gasteiger partial charge in [-0.2, -0.15) is 0 Å². The van der Waals surface area contributed by atoms with Crippen LogP contribution in [0.5, 0.6) is 11.5 Å². The summed E-state index contributed by atoms with van der Waals surface area (Å²) >= 11 is 6.74. The van der Waals surface area contributed by atoms with E-state index in [2.05, 4.69) is 15.5 Å². The molecule has 1 aliphatic heterocycles. The molecule has 9 heteroatoms. The standard InChI is InChI=1S/C24H18ClN3O5/c25-23-16(15-5-7-19-21(11-15)32-9-8-31-19)2-1-3-18(23)27-24-17-6-4-14(10-20(17)33-28-24)12-26-13-22(29)30/h1-7,10-12H,8-9,13H2,(H,27,28)(H,29,30). The largest absolute Gasteiger partial charge is 0.486 e. The number of carboxylic acid groups (broad SMARTS) is 1. The van der Waals surface area contributed by atoms with Crippen molar-refractivity contribution in [1.29, 1.82) is 0 Å². The second kappa shape index (κ2) is 8.84. The number of aromatic nitrogens is 1. The number of halogens is 1. The van der Waals surface area contributed by atoms with Crippen molar-refractivity contribution in [3.63, 3.8) is 0 Å². The highest BCUT2D eigenvalue weighted by Crippen LogP contribution is 2.40. The summed E-state index contributed by atoms with van der Waals surface area (Å²) in [6.45, 7) is 0.756. The van der Waals surface area contributed by atoms with E-state index < -0.39 is 5.97 Å². The lowest BCUT2D eigenvalue weighted by Crippen LogP contribution is -2.15. The number of carbonyl (C=O) groups is 1. The fourth-order valence-corrected chi connectivity index (χ4v) is 3.83. The summed E-state index contributed by atoms with van der Waals surface area (Å²) in [7, 11) is 0. The molecule has 33 heavy (non-hydrogen) atoms. The highest BCUT2D eigenvalue weighted by molar-refractivity contribution is 6.36. The number of carboxylic acids is 1. The van der Waals surface area contributed by atoms with Crippen LogP contribution in [0.3, 0.4) is 0 Å². The lowest BCUT2D eigenvalue weighted by atomic mass is 10.0. The molecule has 2 N–H and O–H groups in total. The Hall–Kier alpha value is -4.04. The van der Waals surface area contributed by atoms with Crippen LogP contribution >= 0.6 is 11.6 Å². The molecule has 5 rings (SSSR count). The molecular weight excluding hydrogens is 446 g/mol. The number of nitrogens with zero attached hydrogens (tertiary/aromatic N) is 2. The topological polar surface area (TPSA) is 106 Å². The molecule has 0 amide bonds. The molecule has 3 aromatic carbocycles. The van der Waals surface area contributed by atoms with Gasteiger partial charge in [-0.3, -0.25) is 9.79 Å². The number of aliphatic carboxylic acids is 1. The first kappa shape index (κ1) is 20.8. The normalized spacial score (nSPS) is 12.9. The van der Waals surface area contributed by atoms with Crippen molar-refractivity contribution in [2.75, 3.05) is 25.1 Å². The van der Waals surface area contributed by atoms with Gasteiger partial charge in [0.1, 0.15) is 19.8 Å². The molecule has 0 radical (unpaired) electrons. The van der Waals surface area contributed by atoms with Crippen LogP contribution in [0.1, 0.15) is 5.56 Å². The van der Waals surface area contributed by atoms with Crippen molar-refractivity contribution in [1.82, 2.24) is 5.16 Å². The Balaban J connectivity index is 1.42. The van der Waals surface area contributed by atoms with Crippen molar-refractivity contribution in [2.45, 2.75) is 0 Å². The monoisotopic (exact) mass is 463 g/mol. The minimum atomic E-state index is -0.992. The van der Waals surface area contributed by atoms with E-state index in [1.165, 1.54) is 6.21 Å². The van der Waals surface area contributed by atoms with E-state index in [1.54, 1.807) is 6.07 Å². The fraction of sp³-hybridized carbons (Fsp3) is 0.125. The van der Waals surface area contributed by atoms with Gasteiger partial charge in [-0.25, -0.2) is 0 Å². The number of hydrogen-bond donors (Lipinski definition) is 2. The second-order valence-corrected chi connectivity index (χ2v) is 7.68. The SMILES string of the molecule is O=C(O)CN=Cc1ccc2c(Nc3cccc(-c4ccc5c(c4)OCCO5)c3Cl)noc2c1. The summed E-state index contributed by atoms with van der Waals surface area (Å²) < 4.78 is 16.7. The van der Waals surface area contributed by atoms with E-state index in [1.807, 2.05) is 48.5 Å². The van der Waals surface area contributed by atoms with E-state index >= 15 is 0 Å². The van der Waals surface area contributed by atoms with E-state index in [-0.39, 0.29) is 6.54 Å². The van der Waals surface area contributed by atoms with Gasteiger partial charge < -0.3 is 24.4 Å². The van der Waals surface area contributed by atoms with Gasteiger partial charge >= 0.3 is 5.97 Å². The van der Waals surface area contributed by atoms with Crippen molar-refractivity contribution in [2.24, 2.45) is 4.99 Å². The molecule has 0 fully saturated rings. The Bertz CT molecular complexity index is 1380. The summed E-state index contributed by atoms with van der Waals surface area (Å²) in [4.78, 5) is 14.5. The van der Waals surface area contributed by atoms with Gasteiger partial charge in [0.2, 0.25) is 0 Å². The number of anilines is 2. The van der Waals surface area contributed by atoms with Crippen molar-refractivity contribution in [3.8, 4) is 22.6 Å². The zero-order valence-electron chi connectivity index (χ0n) is 17.2. The molecule has 2 heterocycles. The molecular formula is C24H18ClN3O5. The Morgan fingerprint density at radius 3 is 2.82 bits per heavy atom. The average Bonchev–Trinajstić information content (AvgIpc) is 3.22. The zero-order valence-corrected chi connectivity index (χ0v) is 18.0. The van der Waals surface area contributed by atoms with Gasteiger partial charge in [0, 0.05) is 11.8 Å². The summed E-state index contributed by atoms with van der Waals surface area (Å²) in [5.74, 6) is 0.935. The molecule has 0 aliphatic carbocycles. The molecule has 0 atom stereocenters. The maximum absolute atomic E-state index is 10.6. The third kappa shape index (κ3) is 4.33. The summed E-state index contributed by atoms with van der Waals surface area (Å²) in [6, 6.07) is 16.8. The number of hydrogen-bond acceptors (Lipinski definition) is 7. The number of fused-ring (bicyclic) bond motifs is 2. The van der Waals surface area contributed by atoms with Crippen LogP contribution in [0.25, 0.3) is 22.1 Å². The minimum Gasteiger partial charge on any atom is -0.486 e. The van der Waals surface area contributed by atoms with Crippen molar-refractivity contribution < 1.29 is 23.9 Å². The highest BCUT2D eigenvalue weighted by atomic mass is 35.5. The summed E-state index contributed by atoms with van der Waals surface area (Å²) in [5, 5.41) is 17.3. The summed E-state index contributed by atoms with van der Waals surface area (Å²) in [5.41, 5.74) is 3.67. The second-order valence-electron chi connectivity index (χ2n) is 7.30. The first-order chi connectivity index (χ1) is 16.1. The van der Waals surface area contributed by atoms with E-state index in [9.17, 15) is 4.79 Å². The van der Waals surface area contributed by atoms with E-state index in [4.69, 9.17) is 30.7 Å². The van der Waals surface area contributed by atoms with Gasteiger partial charge in [-0.05, 0) is 41.5 Å². The molecule has 0 saturated carbocycles. The Kier molecular flexibility index (Phi) is 5.58. The van der Waals surface area contributed by atoms with E-state index in [0.717, 1.165) is 22.3 Å². The Labute approximate surface area is 193 Å². The van der Waals surface area contributed by atoms with Gasteiger partial charge in [0.15, 0.2) is 22.9 Å². The average molecular weight is 464 g/mol. The van der Waals surface area contributed by atoms with E-state index in [0.29, 0.717) is 46.6 Å². The maximum atomic E-state index is 10.6. The lowest BCUT2D eigenvalue weighted by Gasteiger charge is -2.19. The molecule has 4 aromatic rings. The van der Waals surface area contributed by atoms with Gasteiger partial charge in [0.05, 0.1) is 16.1 Å². The predicted molar refractivity (Wildman–Crippen MR) is 125 cm³/mol. The molecule has 1 aromatic heterocycles. The van der Waals surface area contributed by atoms with Crippen LogP contribution in [0, 0.1) is 0 Å². The molecule has 0 unspecified atom stereocenters. The van der Waals surface area contributed by atoms with Crippen LogP contribution in [0.4, 0.5) is 11.5 Å². The third-order valence-corrected chi connectivity index (χ3v) is 5.48. The highest BCUT2D eigenvalue weighted by Gasteiger charge is 2.16. The number of benzene rings is 3. The first-order valence-corrected chi connectivity index (χ1v) is 10.5. The van der Waals surface area contributed by atoms with Crippen LogP contribution in [0.15, 0.2) is 64.1 Å². The van der Waals surface area contributed by atoms with Gasteiger partial charge in [0.25, 0.3) is 0 Å². The number of ether oxygens (including phenoxy) is 2. The van der Waals surface area contributed by atoms with Crippen molar-refractivity contribution >= 4 is 46.3 Å². The third-order valence-electron chi connectivity index (χ3n) is 5.07. The molecule has 0 saturated heterocycles. The fourth-order valence-electron chi connectivity index (χ4n) is 3.54. The number of nitrogens with one attached hydrogen (secondary N) is 1. The molecule has 166 valence electrons. The zero-order chi connectivity index (χ0) is 22.8. The maximum Gasteiger partial charge on any atom is 0.325 e. The quantitative estimate of drug-likeness (QED) is 0.380. The molecule has 8 nitrogen and oxygen atoms in total. The van der Waals surface area contributed by atoms with Crippen LogP contribution < -0.4 is 14.8 Å². The number of rotatable bonds is 6. The van der Waals surface area contributed by atoms with Crippen molar-refractivity contribution in [3.05, 3.63) is 65.2 Å².